The van der Waals surface area contributed by atoms with Gasteiger partial charge in [0.25, 0.3) is 22.2 Å². The van der Waals surface area contributed by atoms with Crippen molar-refractivity contribution < 1.29 is 4.39 Å². The molecule has 0 fully saturated rings. The number of rotatable bonds is 11. The Bertz CT molecular complexity index is 3820. The van der Waals surface area contributed by atoms with Crippen molar-refractivity contribution in [2.24, 2.45) is 21.1 Å². The summed E-state index contributed by atoms with van der Waals surface area (Å²) in [5.41, 5.74) is 6.15. The van der Waals surface area contributed by atoms with Gasteiger partial charge in [0.05, 0.1) is 11.6 Å². The Morgan fingerprint density at radius 1 is 0.667 bits per heavy atom. The summed E-state index contributed by atoms with van der Waals surface area (Å²) in [5, 5.41) is 29.7. The lowest BCUT2D eigenvalue weighted by Gasteiger charge is -2.20. The third-order valence-corrected chi connectivity index (χ3v) is 13.0. The van der Waals surface area contributed by atoms with Gasteiger partial charge in [0.1, 0.15) is 22.9 Å². The van der Waals surface area contributed by atoms with E-state index in [1.165, 1.54) is 26.0 Å². The first-order valence-electron chi connectivity index (χ1n) is 24.1. The van der Waals surface area contributed by atoms with E-state index in [0.29, 0.717) is 52.1 Å². The van der Waals surface area contributed by atoms with E-state index in [9.17, 15) is 19.2 Å². The molecular formula is C53H60Br2FN15O4. The van der Waals surface area contributed by atoms with Crippen molar-refractivity contribution in [1.29, 1.82) is 0 Å². The summed E-state index contributed by atoms with van der Waals surface area (Å²) in [4.78, 5) is 54.8. The monoisotopic (exact) mass is 1150 g/mol. The van der Waals surface area contributed by atoms with Crippen molar-refractivity contribution in [2.45, 2.75) is 87.2 Å². The van der Waals surface area contributed by atoms with Crippen LogP contribution in [0.15, 0.2) is 114 Å². The summed E-state index contributed by atoms with van der Waals surface area (Å²) in [6, 6.07) is 16.0. The maximum Gasteiger partial charge on any atom is 0.283 e. The van der Waals surface area contributed by atoms with Crippen molar-refractivity contribution in [1.82, 2.24) is 58.2 Å². The lowest BCUT2D eigenvalue weighted by molar-refractivity contribution is 0.576. The van der Waals surface area contributed by atoms with Gasteiger partial charge in [-0.3, -0.25) is 33.6 Å². The first-order chi connectivity index (χ1) is 35.5. The quantitative estimate of drug-likeness (QED) is 0.0953. The van der Waals surface area contributed by atoms with Gasteiger partial charge in [-0.15, -0.1) is 0 Å². The number of fused-ring (bicyclic) bond motifs is 1. The van der Waals surface area contributed by atoms with E-state index in [4.69, 9.17) is 0 Å². The lowest BCUT2D eigenvalue weighted by atomic mass is 9.86. The molecule has 4 N–H and O–H groups in total. The number of aromatic amines is 1. The number of hydrogen-bond acceptors (Lipinski definition) is 12. The Labute approximate surface area is 448 Å². The van der Waals surface area contributed by atoms with Crippen molar-refractivity contribution in [3.8, 4) is 16.9 Å². The van der Waals surface area contributed by atoms with Crippen molar-refractivity contribution in [3.05, 3.63) is 170 Å². The SMILES string of the molecule is CCc1c(-c2cc(Nc3cc(C)n(CC)n3)c(=O)n(C)c2)ccnc1-n1ncc2cc(C(C)(C)C)cc(F)c2c1=O.CCn1nc(Nc2cc(Br)cn(C)c2=O)cc1C.Cc1cc(Nc2cc(Br)cn(C)c2=O)n[nH]1. The Kier molecular flexibility index (Phi) is 16.7. The number of nitrogens with zero attached hydrogens (tertiary/aromatic N) is 11. The molecule has 19 nitrogen and oxygen atoms in total. The highest BCUT2D eigenvalue weighted by Crippen LogP contribution is 2.31. The van der Waals surface area contributed by atoms with E-state index in [1.807, 2.05) is 102 Å². The predicted octanol–water partition coefficient (Wildman–Crippen LogP) is 9.75. The first kappa shape index (κ1) is 55.0. The van der Waals surface area contributed by atoms with E-state index >= 15 is 4.39 Å². The summed E-state index contributed by atoms with van der Waals surface area (Å²) < 4.78 is 26.4. The van der Waals surface area contributed by atoms with Crippen LogP contribution >= 0.6 is 31.9 Å². The largest absolute Gasteiger partial charge is 0.334 e. The number of H-pyrrole nitrogens is 1. The Balaban J connectivity index is 0.000000197. The van der Waals surface area contributed by atoms with Crippen LogP contribution in [0.2, 0.25) is 0 Å². The van der Waals surface area contributed by atoms with Gasteiger partial charge in [0.15, 0.2) is 23.3 Å². The van der Waals surface area contributed by atoms with Crippen molar-refractivity contribution in [3.63, 3.8) is 0 Å². The van der Waals surface area contributed by atoms with E-state index in [-0.39, 0.29) is 27.5 Å². The number of benzene rings is 1. The number of aromatic nitrogens is 12. The summed E-state index contributed by atoms with van der Waals surface area (Å²) in [6.07, 6.45) is 8.79. The molecule has 0 amide bonds. The van der Waals surface area contributed by atoms with E-state index in [0.717, 1.165) is 66.1 Å². The first-order valence-corrected chi connectivity index (χ1v) is 25.6. The molecule has 0 unspecified atom stereocenters. The number of anilines is 6. The molecule has 1 aromatic carbocycles. The minimum atomic E-state index is -0.586. The zero-order valence-electron chi connectivity index (χ0n) is 43.9. The van der Waals surface area contributed by atoms with Crippen LogP contribution in [0.25, 0.3) is 27.7 Å². The van der Waals surface area contributed by atoms with Gasteiger partial charge >= 0.3 is 0 Å². The van der Waals surface area contributed by atoms with Gasteiger partial charge in [-0.05, 0) is 126 Å². The second-order valence-electron chi connectivity index (χ2n) is 18.9. The summed E-state index contributed by atoms with van der Waals surface area (Å²) in [5.74, 6) is 1.62. The molecule has 0 spiro atoms. The zero-order chi connectivity index (χ0) is 54.6. The molecule has 0 atom stereocenters. The summed E-state index contributed by atoms with van der Waals surface area (Å²) in [6.45, 7) is 19.3. The molecule has 8 heterocycles. The van der Waals surface area contributed by atoms with E-state index < -0.39 is 11.4 Å². The maximum atomic E-state index is 15.3. The fraction of sp³-hybridized carbons (Fsp3) is 0.302. The Morgan fingerprint density at radius 2 is 1.19 bits per heavy atom. The lowest BCUT2D eigenvalue weighted by Crippen LogP contribution is -2.25. The second kappa shape index (κ2) is 22.8. The summed E-state index contributed by atoms with van der Waals surface area (Å²) >= 11 is 6.71. The molecule has 22 heteroatoms. The third kappa shape index (κ3) is 12.5. The Hall–Kier alpha value is -7.72. The van der Waals surface area contributed by atoms with Crippen LogP contribution < -0.4 is 38.2 Å². The van der Waals surface area contributed by atoms with Crippen molar-refractivity contribution >= 4 is 77.1 Å². The van der Waals surface area contributed by atoms with Crippen molar-refractivity contribution in [2.75, 3.05) is 16.0 Å². The van der Waals surface area contributed by atoms with E-state index in [2.05, 4.69) is 78.3 Å². The molecule has 8 aromatic heterocycles. The molecule has 0 aliphatic carbocycles. The average molecular weight is 1150 g/mol. The Morgan fingerprint density at radius 3 is 1.67 bits per heavy atom. The summed E-state index contributed by atoms with van der Waals surface area (Å²) in [7, 11) is 5.10. The molecule has 0 saturated heterocycles. The van der Waals surface area contributed by atoms with Crippen LogP contribution in [0.3, 0.4) is 0 Å². The highest BCUT2D eigenvalue weighted by molar-refractivity contribution is 9.10. The normalized spacial score (nSPS) is 11.2. The molecule has 0 aliphatic heterocycles. The van der Waals surface area contributed by atoms with Gasteiger partial charge in [-0.2, -0.15) is 25.1 Å². The fourth-order valence-corrected chi connectivity index (χ4v) is 9.32. The van der Waals surface area contributed by atoms with Gasteiger partial charge in [-0.1, -0.05) is 27.7 Å². The van der Waals surface area contributed by atoms with Crippen LogP contribution in [0, 0.1) is 26.6 Å². The number of hydrogen-bond donors (Lipinski definition) is 4. The molecule has 0 bridgehead atoms. The number of nitrogens with one attached hydrogen (secondary N) is 4. The minimum absolute atomic E-state index is 0.0299. The van der Waals surface area contributed by atoms with Crippen LogP contribution in [0.4, 0.5) is 38.9 Å². The van der Waals surface area contributed by atoms with Crippen LogP contribution in [0.5, 0.6) is 0 Å². The standard InChI is InChI=1S/C31H34FN7O2.C12H15BrN4O.C10H11BrN4O/c1-8-22-23(20-14-25(29(40)37(7)17-20)35-26-12-18(3)38(9-2)36-26)10-11-33-28(22)39-30(41)27-19(16-34-39)13-21(15-24(27)32)31(4,5)6;1-4-17-8(2)5-11(15-17)14-10-6-9(13)7-16(3)12(10)18;1-6-3-9(14-13-6)12-8-4-7(11)5-15(2)10(8)16/h10-17H,8-9H2,1-7H3,(H,35,36);5-7H,4H2,1-3H3,(H,14,15);3-5H,1-2H3,(H2,12,13,14). The number of pyridine rings is 4. The molecule has 9 aromatic rings. The zero-order valence-corrected chi connectivity index (χ0v) is 47.1. The van der Waals surface area contributed by atoms with Crippen LogP contribution in [0.1, 0.15) is 69.8 Å². The highest BCUT2D eigenvalue weighted by Gasteiger charge is 2.22. The average Bonchev–Trinajstić information content (AvgIpc) is 4.06. The molecular weight excluding hydrogens is 1090 g/mol. The van der Waals surface area contributed by atoms with Gasteiger partial charge < -0.3 is 29.7 Å². The van der Waals surface area contributed by atoms with Crippen LogP contribution in [-0.2, 0) is 46.1 Å². The topological polar surface area (TPSA) is 214 Å². The molecule has 9 rings (SSSR count). The predicted molar refractivity (Wildman–Crippen MR) is 301 cm³/mol. The third-order valence-electron chi connectivity index (χ3n) is 12.1. The maximum absolute atomic E-state index is 15.3. The highest BCUT2D eigenvalue weighted by atomic mass is 79.9. The molecule has 0 aliphatic rings. The fourth-order valence-electron chi connectivity index (χ4n) is 8.25. The molecule has 75 heavy (non-hydrogen) atoms. The molecule has 0 saturated carbocycles. The van der Waals surface area contributed by atoms with Crippen LogP contribution in [-0.4, -0.2) is 58.2 Å². The number of halogens is 3. The van der Waals surface area contributed by atoms with E-state index in [1.54, 1.807) is 64.1 Å². The number of aryl methyl sites for hydroxylation is 8. The smallest absolute Gasteiger partial charge is 0.283 e. The van der Waals surface area contributed by atoms with Gasteiger partial charge in [0.2, 0.25) is 0 Å². The van der Waals surface area contributed by atoms with Gasteiger partial charge in [-0.25, -0.2) is 9.37 Å². The minimum Gasteiger partial charge on any atom is -0.334 e. The molecule has 392 valence electrons. The van der Waals surface area contributed by atoms with Gasteiger partial charge in [0, 0.05) is 120 Å². The second-order valence-corrected chi connectivity index (χ2v) is 20.7. The molecule has 0 radical (unpaired) electrons.